The smallest absolute Gasteiger partial charge is 0.168 e. The molecule has 1 atom stereocenters. The molecule has 0 heterocycles. The molecular weight excluding hydrogens is 398 g/mol. The van der Waals surface area contributed by atoms with Gasteiger partial charge in [0.15, 0.2) is 5.78 Å². The first-order valence-electron chi connectivity index (χ1n) is 11.1. The number of halogens is 1. The fourth-order valence-corrected chi connectivity index (χ4v) is 5.54. The molecule has 1 aromatic carbocycles. The maximum Gasteiger partial charge on any atom is 0.168 e. The number of Topliss-reactive ketones (excluding diaryl/α,β-unsaturated/α-hetero) is 1. The predicted octanol–water partition coefficient (Wildman–Crippen LogP) is 6.53. The van der Waals surface area contributed by atoms with Crippen LogP contribution < -0.4 is 0 Å². The monoisotopic (exact) mass is 431 g/mol. The number of carbonyl (C=O) groups excluding carboxylic acids is 1. The molecule has 2 aliphatic carbocycles. The van der Waals surface area contributed by atoms with Crippen molar-refractivity contribution in [1.29, 1.82) is 0 Å². The maximum absolute atomic E-state index is 13.1. The van der Waals surface area contributed by atoms with Crippen LogP contribution in [0.25, 0.3) is 0 Å². The van der Waals surface area contributed by atoms with Crippen molar-refractivity contribution in [1.82, 2.24) is 0 Å². The topological polar surface area (TPSA) is 58.9 Å². The molecule has 0 amide bonds. The summed E-state index contributed by atoms with van der Waals surface area (Å²) < 4.78 is 0. The molecule has 0 bridgehead atoms. The van der Waals surface area contributed by atoms with Gasteiger partial charge in [-0.2, -0.15) is 0 Å². The Morgan fingerprint density at radius 3 is 2.43 bits per heavy atom. The molecule has 164 valence electrons. The molecule has 30 heavy (non-hydrogen) atoms. The van der Waals surface area contributed by atoms with Crippen LogP contribution in [0.4, 0.5) is 0 Å². The van der Waals surface area contributed by atoms with Crippen molar-refractivity contribution in [2.75, 3.05) is 6.61 Å². The number of aliphatic hydroxyl groups is 1. The predicted molar refractivity (Wildman–Crippen MR) is 123 cm³/mol. The lowest BCUT2D eigenvalue weighted by atomic mass is 9.77. The summed E-state index contributed by atoms with van der Waals surface area (Å²) >= 11 is 6.95. The standard InChI is InChI=1S/C25H34ClNO3/c1-7-9-19(27-30-8-2)23-20(28)10-16(11-21(23)29)22-15(4)14(3)17-12-25(5,6)13-18(17)24(22)26/h16,28H,7-13H2,1-6H3. The van der Waals surface area contributed by atoms with E-state index in [0.29, 0.717) is 37.2 Å². The van der Waals surface area contributed by atoms with Gasteiger partial charge >= 0.3 is 0 Å². The maximum atomic E-state index is 13.1. The number of aliphatic hydroxyl groups excluding tert-OH is 1. The molecule has 0 fully saturated rings. The zero-order valence-electron chi connectivity index (χ0n) is 19.1. The number of hydrogen-bond acceptors (Lipinski definition) is 4. The lowest BCUT2D eigenvalue weighted by Crippen LogP contribution is -2.25. The lowest BCUT2D eigenvalue weighted by Gasteiger charge is -2.28. The van der Waals surface area contributed by atoms with Gasteiger partial charge < -0.3 is 9.94 Å². The summed E-state index contributed by atoms with van der Waals surface area (Å²) in [6.07, 6.45) is 4.13. The largest absolute Gasteiger partial charge is 0.511 e. The highest BCUT2D eigenvalue weighted by Crippen LogP contribution is 2.48. The first-order valence-corrected chi connectivity index (χ1v) is 11.4. The fourth-order valence-electron chi connectivity index (χ4n) is 5.06. The first-order chi connectivity index (χ1) is 14.1. The van der Waals surface area contributed by atoms with Crippen molar-refractivity contribution < 1.29 is 14.7 Å². The van der Waals surface area contributed by atoms with Gasteiger partial charge in [-0.1, -0.05) is 43.9 Å². The molecule has 1 N–H and O–H groups in total. The van der Waals surface area contributed by atoms with Crippen LogP contribution in [0.5, 0.6) is 0 Å². The summed E-state index contributed by atoms with van der Waals surface area (Å²) in [5.41, 5.74) is 7.15. The average Bonchev–Trinajstić information content (AvgIpc) is 3.00. The Kier molecular flexibility index (Phi) is 6.66. The molecule has 4 nitrogen and oxygen atoms in total. The van der Waals surface area contributed by atoms with E-state index in [1.54, 1.807) is 0 Å². The summed E-state index contributed by atoms with van der Waals surface area (Å²) in [5.74, 6) is -0.0851. The number of benzene rings is 1. The number of rotatable bonds is 6. The van der Waals surface area contributed by atoms with Gasteiger partial charge in [0.1, 0.15) is 12.4 Å². The van der Waals surface area contributed by atoms with Gasteiger partial charge in [-0.15, -0.1) is 0 Å². The van der Waals surface area contributed by atoms with E-state index in [-0.39, 0.29) is 22.9 Å². The minimum absolute atomic E-state index is 0.0791. The summed E-state index contributed by atoms with van der Waals surface area (Å²) in [5, 5.41) is 15.8. The molecule has 0 spiro atoms. The van der Waals surface area contributed by atoms with Gasteiger partial charge in [-0.25, -0.2) is 0 Å². The molecule has 0 saturated carbocycles. The number of oxime groups is 1. The van der Waals surface area contributed by atoms with Crippen molar-refractivity contribution in [3.63, 3.8) is 0 Å². The lowest BCUT2D eigenvalue weighted by molar-refractivity contribution is -0.116. The van der Waals surface area contributed by atoms with Crippen LogP contribution in [0.1, 0.15) is 87.1 Å². The molecule has 0 saturated heterocycles. The highest BCUT2D eigenvalue weighted by Gasteiger charge is 2.37. The fraction of sp³-hybridized carbons (Fsp3) is 0.600. The van der Waals surface area contributed by atoms with Gasteiger partial charge in [0.2, 0.25) is 0 Å². The number of hydrogen-bond donors (Lipinski definition) is 1. The van der Waals surface area contributed by atoms with E-state index < -0.39 is 0 Å². The van der Waals surface area contributed by atoms with Crippen LogP contribution in [-0.4, -0.2) is 23.2 Å². The highest BCUT2D eigenvalue weighted by molar-refractivity contribution is 6.32. The van der Waals surface area contributed by atoms with Crippen LogP contribution in [0.3, 0.4) is 0 Å². The van der Waals surface area contributed by atoms with Crippen molar-refractivity contribution >= 4 is 23.1 Å². The number of carbonyl (C=O) groups is 1. The highest BCUT2D eigenvalue weighted by atomic mass is 35.5. The molecule has 0 aliphatic heterocycles. The van der Waals surface area contributed by atoms with E-state index in [9.17, 15) is 9.90 Å². The Bertz CT molecular complexity index is 927. The minimum Gasteiger partial charge on any atom is -0.511 e. The zero-order chi connectivity index (χ0) is 22.2. The summed E-state index contributed by atoms with van der Waals surface area (Å²) in [6.45, 7) is 13.1. The van der Waals surface area contributed by atoms with E-state index in [4.69, 9.17) is 16.4 Å². The Morgan fingerprint density at radius 2 is 1.83 bits per heavy atom. The van der Waals surface area contributed by atoms with Gasteiger partial charge in [-0.05, 0) is 79.2 Å². The molecule has 0 radical (unpaired) electrons. The number of fused-ring (bicyclic) bond motifs is 1. The second kappa shape index (κ2) is 8.74. The second-order valence-corrected chi connectivity index (χ2v) is 9.89. The number of allylic oxidation sites excluding steroid dienone is 2. The van der Waals surface area contributed by atoms with Crippen molar-refractivity contribution in [3.8, 4) is 0 Å². The Hall–Kier alpha value is -1.81. The van der Waals surface area contributed by atoms with E-state index in [1.807, 2.05) is 13.8 Å². The van der Waals surface area contributed by atoms with E-state index in [2.05, 4.69) is 32.9 Å². The van der Waals surface area contributed by atoms with Crippen LogP contribution in [0.15, 0.2) is 16.5 Å². The Balaban J connectivity index is 2.02. The Labute approximate surface area is 185 Å². The van der Waals surface area contributed by atoms with Crippen molar-refractivity contribution in [3.05, 3.63) is 44.2 Å². The number of ketones is 1. The Morgan fingerprint density at radius 1 is 1.17 bits per heavy atom. The SMILES string of the molecule is CCCC(=NOCC)C1=C(O)CC(c2c(C)c(C)c3c(c2Cl)CC(C)(C)C3)CC1=O. The van der Waals surface area contributed by atoms with Crippen molar-refractivity contribution in [2.24, 2.45) is 10.6 Å². The van der Waals surface area contributed by atoms with Gasteiger partial charge in [0.25, 0.3) is 0 Å². The normalized spacial score (nSPS) is 21.2. The third-order valence-corrected chi connectivity index (χ3v) is 6.95. The molecular formula is C25H34ClNO3. The molecule has 2 aliphatic rings. The third-order valence-electron chi connectivity index (χ3n) is 6.52. The van der Waals surface area contributed by atoms with Gasteiger partial charge in [0, 0.05) is 17.9 Å². The quantitative estimate of drug-likeness (QED) is 0.411. The van der Waals surface area contributed by atoms with E-state index in [0.717, 1.165) is 35.4 Å². The summed E-state index contributed by atoms with van der Waals surface area (Å²) in [4.78, 5) is 18.3. The minimum atomic E-state index is -0.114. The van der Waals surface area contributed by atoms with Gasteiger partial charge in [-0.3, -0.25) is 4.79 Å². The van der Waals surface area contributed by atoms with Crippen LogP contribution in [0, 0.1) is 19.3 Å². The molecule has 3 rings (SSSR count). The number of nitrogens with zero attached hydrogens (tertiary/aromatic N) is 1. The summed E-state index contributed by atoms with van der Waals surface area (Å²) in [7, 11) is 0. The molecule has 1 unspecified atom stereocenters. The first kappa shape index (κ1) is 22.9. The molecule has 0 aromatic heterocycles. The van der Waals surface area contributed by atoms with Crippen molar-refractivity contribution in [2.45, 2.75) is 86.0 Å². The van der Waals surface area contributed by atoms with Crippen LogP contribution in [0.2, 0.25) is 5.02 Å². The third kappa shape index (κ3) is 4.16. The average molecular weight is 432 g/mol. The summed E-state index contributed by atoms with van der Waals surface area (Å²) in [6, 6.07) is 0. The molecule has 5 heteroatoms. The second-order valence-electron chi connectivity index (χ2n) is 9.51. The zero-order valence-corrected chi connectivity index (χ0v) is 19.9. The molecule has 1 aromatic rings. The van der Waals surface area contributed by atoms with E-state index >= 15 is 0 Å². The van der Waals surface area contributed by atoms with Gasteiger partial charge in [0.05, 0.1) is 11.3 Å². The van der Waals surface area contributed by atoms with Crippen LogP contribution in [-0.2, 0) is 22.5 Å². The van der Waals surface area contributed by atoms with E-state index in [1.165, 1.54) is 16.7 Å². The van der Waals surface area contributed by atoms with Crippen LogP contribution >= 0.6 is 11.6 Å².